The number of carbonyl (C=O) groups is 1. The van der Waals surface area contributed by atoms with Gasteiger partial charge in [-0.15, -0.1) is 0 Å². The molecule has 3 nitrogen and oxygen atoms in total. The molecular weight excluding hydrogens is 286 g/mol. The van der Waals surface area contributed by atoms with Crippen molar-refractivity contribution in [1.29, 1.82) is 0 Å². The van der Waals surface area contributed by atoms with Crippen molar-refractivity contribution in [3.05, 3.63) is 48.0 Å². The Morgan fingerprint density at radius 1 is 1.18 bits per heavy atom. The zero-order valence-electron chi connectivity index (χ0n) is 12.1. The van der Waals surface area contributed by atoms with Gasteiger partial charge in [0.25, 0.3) is 6.43 Å². The molecule has 2 aromatic rings. The third-order valence-electron chi connectivity index (χ3n) is 3.67. The van der Waals surface area contributed by atoms with E-state index in [0.717, 1.165) is 11.3 Å². The lowest BCUT2D eigenvalue weighted by Gasteiger charge is -2.17. The molecule has 2 aromatic carbocycles. The lowest BCUT2D eigenvalue weighted by Crippen LogP contribution is -2.19. The number of nitrogens with one attached hydrogen (secondary N) is 2. The van der Waals surface area contributed by atoms with Crippen LogP contribution in [0.25, 0.3) is 11.1 Å². The summed E-state index contributed by atoms with van der Waals surface area (Å²) in [6.45, 7) is 1.92. The second-order valence-electron chi connectivity index (χ2n) is 5.45. The van der Waals surface area contributed by atoms with Crippen LogP contribution in [0.15, 0.2) is 42.5 Å². The van der Waals surface area contributed by atoms with Crippen LogP contribution in [-0.2, 0) is 4.79 Å². The van der Waals surface area contributed by atoms with Crippen LogP contribution in [-0.4, -0.2) is 11.9 Å². The highest BCUT2D eigenvalue weighted by atomic mass is 19.3. The zero-order chi connectivity index (χ0) is 15.7. The first-order chi connectivity index (χ1) is 10.5. The number of hydrogen-bond acceptors (Lipinski definition) is 2. The van der Waals surface area contributed by atoms with Crippen molar-refractivity contribution >= 4 is 17.3 Å². The van der Waals surface area contributed by atoms with Gasteiger partial charge in [-0.3, -0.25) is 4.79 Å². The van der Waals surface area contributed by atoms with Crippen molar-refractivity contribution in [3.8, 4) is 11.1 Å². The van der Waals surface area contributed by atoms with Gasteiger partial charge < -0.3 is 10.6 Å². The number of anilines is 2. The van der Waals surface area contributed by atoms with Gasteiger partial charge in [0.05, 0.1) is 11.4 Å². The third kappa shape index (κ3) is 2.79. The molecule has 5 heteroatoms. The molecule has 0 saturated carbocycles. The molecule has 2 N–H and O–H groups in total. The van der Waals surface area contributed by atoms with Crippen molar-refractivity contribution < 1.29 is 13.6 Å². The molecule has 0 bridgehead atoms. The fourth-order valence-corrected chi connectivity index (χ4v) is 2.67. The monoisotopic (exact) mass is 302 g/mol. The molecule has 0 saturated heterocycles. The van der Waals surface area contributed by atoms with Gasteiger partial charge in [-0.1, -0.05) is 30.3 Å². The Labute approximate surface area is 127 Å². The van der Waals surface area contributed by atoms with E-state index < -0.39 is 6.43 Å². The minimum absolute atomic E-state index is 0.0131. The van der Waals surface area contributed by atoms with E-state index in [1.54, 1.807) is 24.3 Å². The molecule has 0 spiro atoms. The Kier molecular flexibility index (Phi) is 3.79. The van der Waals surface area contributed by atoms with Crippen molar-refractivity contribution in [2.24, 2.45) is 0 Å². The number of halogens is 2. The summed E-state index contributed by atoms with van der Waals surface area (Å²) in [5, 5.41) is 6.15. The summed E-state index contributed by atoms with van der Waals surface area (Å²) >= 11 is 0. The lowest BCUT2D eigenvalue weighted by atomic mass is 10.00. The van der Waals surface area contributed by atoms with Crippen molar-refractivity contribution in [3.63, 3.8) is 0 Å². The average molecular weight is 302 g/mol. The highest BCUT2D eigenvalue weighted by molar-refractivity contribution is 6.00. The molecule has 0 unspecified atom stereocenters. The summed E-state index contributed by atoms with van der Waals surface area (Å²) in [6, 6.07) is 11.8. The Morgan fingerprint density at radius 3 is 2.73 bits per heavy atom. The minimum Gasteiger partial charge on any atom is -0.380 e. The largest absolute Gasteiger partial charge is 0.380 e. The number of amides is 1. The molecule has 1 aliphatic rings. The predicted molar refractivity (Wildman–Crippen MR) is 83.2 cm³/mol. The maximum absolute atomic E-state index is 12.9. The smallest absolute Gasteiger partial charge is 0.263 e. The van der Waals surface area contributed by atoms with E-state index in [4.69, 9.17) is 0 Å². The summed E-state index contributed by atoms with van der Waals surface area (Å²) in [4.78, 5) is 11.8. The quantitative estimate of drug-likeness (QED) is 0.861. The molecule has 0 aliphatic carbocycles. The van der Waals surface area contributed by atoms with Gasteiger partial charge >= 0.3 is 0 Å². The first-order valence-electron chi connectivity index (χ1n) is 7.12. The van der Waals surface area contributed by atoms with E-state index in [1.165, 1.54) is 12.1 Å². The molecule has 3 rings (SSSR count). The first kappa shape index (κ1) is 14.5. The van der Waals surface area contributed by atoms with Crippen LogP contribution in [0, 0.1) is 0 Å². The van der Waals surface area contributed by atoms with Crippen LogP contribution in [0.1, 0.15) is 25.3 Å². The fourth-order valence-electron chi connectivity index (χ4n) is 2.67. The summed E-state index contributed by atoms with van der Waals surface area (Å²) < 4.78 is 25.8. The van der Waals surface area contributed by atoms with Gasteiger partial charge in [0.2, 0.25) is 5.91 Å². The number of para-hydroxylation sites is 1. The van der Waals surface area contributed by atoms with Gasteiger partial charge in [0.15, 0.2) is 0 Å². The molecule has 1 atom stereocenters. The minimum atomic E-state index is -2.51. The topological polar surface area (TPSA) is 41.1 Å². The zero-order valence-corrected chi connectivity index (χ0v) is 12.1. The van der Waals surface area contributed by atoms with Gasteiger partial charge in [-0.2, -0.15) is 0 Å². The molecule has 1 aliphatic heterocycles. The van der Waals surface area contributed by atoms with E-state index in [-0.39, 0.29) is 17.5 Å². The SMILES string of the molecule is C[C@@H]1CC(=O)Nc2cccc(-c3cccc(C(F)F)c3)c2N1. The molecule has 0 fully saturated rings. The highest BCUT2D eigenvalue weighted by Gasteiger charge is 2.20. The standard InChI is InChI=1S/C17H16F2N2O/c1-10-8-15(22)21-14-7-3-6-13(16(14)20-10)11-4-2-5-12(9-11)17(18)19/h2-7,9-10,17,20H,8H2,1H3,(H,21,22)/t10-/m1/s1. The van der Waals surface area contributed by atoms with Crippen molar-refractivity contribution in [2.45, 2.75) is 25.8 Å². The Morgan fingerprint density at radius 2 is 1.95 bits per heavy atom. The highest BCUT2D eigenvalue weighted by Crippen LogP contribution is 2.37. The Balaban J connectivity index is 2.11. The summed E-state index contributed by atoms with van der Waals surface area (Å²) in [5.74, 6) is -0.0581. The van der Waals surface area contributed by atoms with Crippen LogP contribution >= 0.6 is 0 Å². The number of fused-ring (bicyclic) bond motifs is 1. The Bertz CT molecular complexity index is 716. The predicted octanol–water partition coefficient (Wildman–Crippen LogP) is 4.43. The number of alkyl halides is 2. The summed E-state index contributed by atoms with van der Waals surface area (Å²) in [6.07, 6.45) is -2.14. The number of carbonyl (C=O) groups excluding carboxylic acids is 1. The Hall–Kier alpha value is -2.43. The van der Waals surface area contributed by atoms with Crippen LogP contribution < -0.4 is 10.6 Å². The lowest BCUT2D eigenvalue weighted by molar-refractivity contribution is -0.116. The first-order valence-corrected chi connectivity index (χ1v) is 7.12. The van der Waals surface area contributed by atoms with Gasteiger partial charge in [-0.05, 0) is 24.6 Å². The molecule has 0 aromatic heterocycles. The van der Waals surface area contributed by atoms with Crippen LogP contribution in [0.4, 0.5) is 20.2 Å². The molecule has 1 amide bonds. The summed E-state index contributed by atoms with van der Waals surface area (Å²) in [7, 11) is 0. The van der Waals surface area contributed by atoms with Crippen molar-refractivity contribution in [2.75, 3.05) is 10.6 Å². The normalized spacial score (nSPS) is 17.5. The fraction of sp³-hybridized carbons (Fsp3) is 0.235. The van der Waals surface area contributed by atoms with Crippen LogP contribution in [0.5, 0.6) is 0 Å². The molecule has 0 radical (unpaired) electrons. The van der Waals surface area contributed by atoms with Crippen LogP contribution in [0.3, 0.4) is 0 Å². The van der Waals surface area contributed by atoms with Crippen LogP contribution in [0.2, 0.25) is 0 Å². The van der Waals surface area contributed by atoms with Crippen molar-refractivity contribution in [1.82, 2.24) is 0 Å². The number of benzene rings is 2. The maximum atomic E-state index is 12.9. The van der Waals surface area contributed by atoms with E-state index >= 15 is 0 Å². The van der Waals surface area contributed by atoms with E-state index in [1.807, 2.05) is 13.0 Å². The van der Waals surface area contributed by atoms with Gasteiger partial charge in [-0.25, -0.2) is 8.78 Å². The number of hydrogen-bond donors (Lipinski definition) is 2. The number of rotatable bonds is 2. The molecule has 114 valence electrons. The van der Waals surface area contributed by atoms with Gasteiger partial charge in [0.1, 0.15) is 0 Å². The van der Waals surface area contributed by atoms with E-state index in [2.05, 4.69) is 10.6 Å². The summed E-state index contributed by atoms with van der Waals surface area (Å²) in [5.41, 5.74) is 2.93. The van der Waals surface area contributed by atoms with Gasteiger partial charge in [0, 0.05) is 23.6 Å². The maximum Gasteiger partial charge on any atom is 0.263 e. The second kappa shape index (κ2) is 5.75. The third-order valence-corrected chi connectivity index (χ3v) is 3.67. The second-order valence-corrected chi connectivity index (χ2v) is 5.45. The molecule has 1 heterocycles. The molecule has 22 heavy (non-hydrogen) atoms. The van der Waals surface area contributed by atoms with E-state index in [9.17, 15) is 13.6 Å². The average Bonchev–Trinajstić information content (AvgIpc) is 2.63. The molecular formula is C17H16F2N2O. The van der Waals surface area contributed by atoms with E-state index in [0.29, 0.717) is 17.7 Å².